The highest BCUT2D eigenvalue weighted by Gasteiger charge is 2.34. The third kappa shape index (κ3) is 3.72. The largest absolute Gasteiger partial charge is 0.490 e. The lowest BCUT2D eigenvalue weighted by atomic mass is 10.1. The van der Waals surface area contributed by atoms with Crippen molar-refractivity contribution in [1.82, 2.24) is 9.97 Å². The minimum absolute atomic E-state index is 0.153. The maximum atomic E-state index is 10.8. The first-order valence-electron chi connectivity index (χ1n) is 7.25. The number of rotatable bonds is 4. The van der Waals surface area contributed by atoms with Gasteiger partial charge in [-0.3, -0.25) is 0 Å². The van der Waals surface area contributed by atoms with Crippen LogP contribution in [0.2, 0.25) is 0 Å². The van der Waals surface area contributed by atoms with Crippen molar-refractivity contribution in [2.45, 2.75) is 5.60 Å². The summed E-state index contributed by atoms with van der Waals surface area (Å²) in [5.41, 5.74) is -1.11. The standard InChI is InChI=1S/C16H19N3O3/c20-16(13-22-14-5-2-1-3-6-14)11-19(9-10-21-12-16)15-17-7-4-8-18-15/h1-8,20H,9-13H2. The molecular formula is C16H19N3O3. The van der Waals surface area contributed by atoms with Crippen molar-refractivity contribution in [2.24, 2.45) is 0 Å². The summed E-state index contributed by atoms with van der Waals surface area (Å²) in [6.45, 7) is 1.90. The van der Waals surface area contributed by atoms with Gasteiger partial charge < -0.3 is 19.5 Å². The summed E-state index contributed by atoms with van der Waals surface area (Å²) in [5.74, 6) is 1.31. The van der Waals surface area contributed by atoms with Crippen molar-refractivity contribution in [3.05, 3.63) is 48.8 Å². The molecule has 1 aromatic heterocycles. The van der Waals surface area contributed by atoms with E-state index in [9.17, 15) is 5.11 Å². The average Bonchev–Trinajstić information content (AvgIpc) is 2.77. The predicted octanol–water partition coefficient (Wildman–Crippen LogP) is 1.12. The molecule has 0 aliphatic carbocycles. The normalized spacial score (nSPS) is 22.1. The highest BCUT2D eigenvalue weighted by atomic mass is 16.5. The van der Waals surface area contributed by atoms with Gasteiger partial charge in [0.15, 0.2) is 0 Å². The molecule has 0 bridgehead atoms. The van der Waals surface area contributed by atoms with Crippen LogP contribution in [-0.2, 0) is 4.74 Å². The molecule has 1 aliphatic heterocycles. The number of ether oxygens (including phenoxy) is 2. The van der Waals surface area contributed by atoms with Gasteiger partial charge in [0.2, 0.25) is 5.95 Å². The molecule has 6 nitrogen and oxygen atoms in total. The van der Waals surface area contributed by atoms with Gasteiger partial charge in [0.1, 0.15) is 18.0 Å². The number of aromatic nitrogens is 2. The number of β-amino-alcohol motifs (C(OH)–C–C–N with tert-alkyl or cyclic N) is 1. The molecule has 6 heteroatoms. The van der Waals surface area contributed by atoms with Crippen molar-refractivity contribution < 1.29 is 14.6 Å². The zero-order valence-electron chi connectivity index (χ0n) is 12.3. The van der Waals surface area contributed by atoms with E-state index in [0.717, 1.165) is 5.75 Å². The second kappa shape index (κ2) is 6.72. The molecule has 1 aromatic carbocycles. The van der Waals surface area contributed by atoms with Crippen LogP contribution in [0.4, 0.5) is 5.95 Å². The van der Waals surface area contributed by atoms with Gasteiger partial charge in [-0.2, -0.15) is 0 Å². The fourth-order valence-electron chi connectivity index (χ4n) is 2.36. The Morgan fingerprint density at radius 2 is 1.95 bits per heavy atom. The number of nitrogens with zero attached hydrogens (tertiary/aromatic N) is 3. The van der Waals surface area contributed by atoms with Crippen LogP contribution < -0.4 is 9.64 Å². The quantitative estimate of drug-likeness (QED) is 0.913. The fraction of sp³-hybridized carbons (Fsp3) is 0.375. The highest BCUT2D eigenvalue weighted by Crippen LogP contribution is 2.18. The van der Waals surface area contributed by atoms with Gasteiger partial charge in [0.05, 0.1) is 19.8 Å². The summed E-state index contributed by atoms with van der Waals surface area (Å²) in [7, 11) is 0. The van der Waals surface area contributed by atoms with Gasteiger partial charge in [-0.1, -0.05) is 18.2 Å². The zero-order valence-corrected chi connectivity index (χ0v) is 12.3. The third-order valence-corrected chi connectivity index (χ3v) is 3.45. The molecule has 22 heavy (non-hydrogen) atoms. The average molecular weight is 301 g/mol. The van der Waals surface area contributed by atoms with Crippen LogP contribution >= 0.6 is 0 Å². The molecule has 116 valence electrons. The maximum absolute atomic E-state index is 10.8. The molecule has 3 rings (SSSR count). The molecule has 0 spiro atoms. The van der Waals surface area contributed by atoms with Crippen LogP contribution in [0.1, 0.15) is 0 Å². The lowest BCUT2D eigenvalue weighted by Gasteiger charge is -2.30. The highest BCUT2D eigenvalue weighted by molar-refractivity contribution is 5.30. The molecule has 0 amide bonds. The molecule has 1 aliphatic rings. The molecule has 1 atom stereocenters. The topological polar surface area (TPSA) is 67.7 Å². The van der Waals surface area contributed by atoms with Crippen LogP contribution in [0.5, 0.6) is 5.75 Å². The summed E-state index contributed by atoms with van der Waals surface area (Å²) >= 11 is 0. The first-order chi connectivity index (χ1) is 10.8. The molecular weight excluding hydrogens is 282 g/mol. The minimum Gasteiger partial charge on any atom is -0.490 e. The summed E-state index contributed by atoms with van der Waals surface area (Å²) in [6, 6.07) is 11.2. The molecule has 2 heterocycles. The van der Waals surface area contributed by atoms with E-state index in [1.165, 1.54) is 0 Å². The number of anilines is 1. The fourth-order valence-corrected chi connectivity index (χ4v) is 2.36. The summed E-state index contributed by atoms with van der Waals surface area (Å²) in [6.07, 6.45) is 3.38. The van der Waals surface area contributed by atoms with Gasteiger partial charge >= 0.3 is 0 Å². The molecule has 1 unspecified atom stereocenters. The van der Waals surface area contributed by atoms with Gasteiger partial charge in [-0.25, -0.2) is 9.97 Å². The molecule has 1 N–H and O–H groups in total. The Morgan fingerprint density at radius 1 is 1.18 bits per heavy atom. The van der Waals surface area contributed by atoms with Gasteiger partial charge in [0, 0.05) is 18.9 Å². The van der Waals surface area contributed by atoms with E-state index in [4.69, 9.17) is 9.47 Å². The Kier molecular flexibility index (Phi) is 4.50. The van der Waals surface area contributed by atoms with Crippen molar-refractivity contribution in [1.29, 1.82) is 0 Å². The van der Waals surface area contributed by atoms with Crippen LogP contribution in [0.3, 0.4) is 0 Å². The monoisotopic (exact) mass is 301 g/mol. The van der Waals surface area contributed by atoms with E-state index >= 15 is 0 Å². The zero-order chi connectivity index (χ0) is 15.3. The third-order valence-electron chi connectivity index (χ3n) is 3.45. The number of hydrogen-bond donors (Lipinski definition) is 1. The SMILES string of the molecule is OC1(COc2ccccc2)COCCN(c2ncccn2)C1. The van der Waals surface area contributed by atoms with E-state index in [0.29, 0.717) is 25.6 Å². The van der Waals surface area contributed by atoms with Crippen molar-refractivity contribution in [3.8, 4) is 5.75 Å². The predicted molar refractivity (Wildman–Crippen MR) is 82.0 cm³/mol. The molecule has 0 radical (unpaired) electrons. The first-order valence-corrected chi connectivity index (χ1v) is 7.25. The molecule has 1 saturated heterocycles. The van der Waals surface area contributed by atoms with E-state index in [1.807, 2.05) is 35.2 Å². The first kappa shape index (κ1) is 14.7. The number of hydrogen-bond acceptors (Lipinski definition) is 6. The van der Waals surface area contributed by atoms with E-state index < -0.39 is 5.60 Å². The van der Waals surface area contributed by atoms with Crippen LogP contribution in [-0.4, -0.2) is 53.6 Å². The summed E-state index contributed by atoms with van der Waals surface area (Å²) in [4.78, 5) is 10.4. The lowest BCUT2D eigenvalue weighted by molar-refractivity contribution is -0.0537. The van der Waals surface area contributed by atoms with Gasteiger partial charge in [-0.15, -0.1) is 0 Å². The number of aliphatic hydroxyl groups is 1. The summed E-state index contributed by atoms with van der Waals surface area (Å²) in [5, 5.41) is 10.8. The molecule has 1 fully saturated rings. The second-order valence-electron chi connectivity index (χ2n) is 5.35. The van der Waals surface area contributed by atoms with E-state index in [1.54, 1.807) is 18.5 Å². The molecule has 0 saturated carbocycles. The Balaban J connectivity index is 1.68. The van der Waals surface area contributed by atoms with E-state index in [2.05, 4.69) is 9.97 Å². The van der Waals surface area contributed by atoms with Crippen molar-refractivity contribution >= 4 is 5.95 Å². The number of para-hydroxylation sites is 1. The van der Waals surface area contributed by atoms with Crippen LogP contribution in [0, 0.1) is 0 Å². The minimum atomic E-state index is -1.11. The van der Waals surface area contributed by atoms with Gasteiger partial charge in [0.25, 0.3) is 0 Å². The number of benzene rings is 1. The summed E-state index contributed by atoms with van der Waals surface area (Å²) < 4.78 is 11.2. The lowest BCUT2D eigenvalue weighted by Crippen LogP contribution is -2.49. The van der Waals surface area contributed by atoms with Crippen LogP contribution in [0.25, 0.3) is 0 Å². The Bertz CT molecular complexity index is 582. The Morgan fingerprint density at radius 3 is 2.73 bits per heavy atom. The van der Waals surface area contributed by atoms with Crippen molar-refractivity contribution in [3.63, 3.8) is 0 Å². The van der Waals surface area contributed by atoms with Gasteiger partial charge in [-0.05, 0) is 18.2 Å². The van der Waals surface area contributed by atoms with Crippen molar-refractivity contribution in [2.75, 3.05) is 37.8 Å². The Labute approximate surface area is 129 Å². The van der Waals surface area contributed by atoms with Crippen LogP contribution in [0.15, 0.2) is 48.8 Å². The Hall–Kier alpha value is -2.18. The molecule has 2 aromatic rings. The maximum Gasteiger partial charge on any atom is 0.225 e. The van der Waals surface area contributed by atoms with E-state index in [-0.39, 0.29) is 13.2 Å². The smallest absolute Gasteiger partial charge is 0.225 e. The second-order valence-corrected chi connectivity index (χ2v) is 5.35.